The van der Waals surface area contributed by atoms with Crippen molar-refractivity contribution in [3.05, 3.63) is 30.1 Å². The van der Waals surface area contributed by atoms with E-state index in [9.17, 15) is 9.18 Å². The first-order chi connectivity index (χ1) is 8.72. The average Bonchev–Trinajstić information content (AvgIpc) is 2.73. The molecule has 18 heavy (non-hydrogen) atoms. The Balaban J connectivity index is 1.96. The predicted molar refractivity (Wildman–Crippen MR) is 73.7 cm³/mol. The van der Waals surface area contributed by atoms with E-state index in [0.29, 0.717) is 6.54 Å². The predicted octanol–water partition coefficient (Wildman–Crippen LogP) is 3.24. The molecule has 1 saturated heterocycles. The van der Waals surface area contributed by atoms with E-state index in [4.69, 9.17) is 0 Å². The van der Waals surface area contributed by atoms with E-state index in [1.165, 1.54) is 12.1 Å². The minimum absolute atomic E-state index is 0.0242. The molecule has 1 aliphatic heterocycles. The van der Waals surface area contributed by atoms with Gasteiger partial charge in [0.2, 0.25) is 0 Å². The molecule has 0 aromatic heterocycles. The summed E-state index contributed by atoms with van der Waals surface area (Å²) in [7, 11) is 0. The Labute approximate surface area is 115 Å². The highest BCUT2D eigenvalue weighted by molar-refractivity contribution is 9.09. The third kappa shape index (κ3) is 3.02. The van der Waals surface area contributed by atoms with E-state index in [1.807, 2.05) is 4.90 Å². The maximum atomic E-state index is 12.8. The van der Waals surface area contributed by atoms with E-state index in [-0.39, 0.29) is 11.8 Å². The Morgan fingerprint density at radius 1 is 1.17 bits per heavy atom. The number of hydrogen-bond acceptors (Lipinski definition) is 1. The van der Waals surface area contributed by atoms with Gasteiger partial charge in [-0.1, -0.05) is 15.9 Å². The zero-order valence-corrected chi connectivity index (χ0v) is 11.7. The van der Waals surface area contributed by atoms with Crippen molar-refractivity contribution >= 4 is 27.6 Å². The van der Waals surface area contributed by atoms with E-state index < -0.39 is 0 Å². The second-order valence-electron chi connectivity index (χ2n) is 4.29. The van der Waals surface area contributed by atoms with Gasteiger partial charge in [-0.2, -0.15) is 0 Å². The van der Waals surface area contributed by atoms with Gasteiger partial charge in [-0.15, -0.1) is 0 Å². The minimum atomic E-state index is -0.278. The summed E-state index contributed by atoms with van der Waals surface area (Å²) in [6.45, 7) is 2.22. The van der Waals surface area contributed by atoms with Crippen LogP contribution in [-0.4, -0.2) is 35.9 Å². The van der Waals surface area contributed by atoms with Gasteiger partial charge in [-0.3, -0.25) is 4.90 Å². The van der Waals surface area contributed by atoms with Crippen molar-refractivity contribution in [2.24, 2.45) is 0 Å². The molecule has 2 rings (SSSR count). The number of hydrogen-bond donors (Lipinski definition) is 0. The lowest BCUT2D eigenvalue weighted by Gasteiger charge is -2.18. The first-order valence-electron chi connectivity index (χ1n) is 6.10. The number of unbranched alkanes of at least 4 members (excludes halogenated alkanes) is 1. The number of anilines is 1. The van der Waals surface area contributed by atoms with Crippen molar-refractivity contribution in [1.82, 2.24) is 4.90 Å². The van der Waals surface area contributed by atoms with Gasteiger partial charge in [0, 0.05) is 30.7 Å². The van der Waals surface area contributed by atoms with Gasteiger partial charge < -0.3 is 4.90 Å². The molecule has 3 nitrogen and oxygen atoms in total. The smallest absolute Gasteiger partial charge is 0.323 e. The molecular weight excluding hydrogens is 299 g/mol. The van der Waals surface area contributed by atoms with Crippen LogP contribution in [0.5, 0.6) is 0 Å². The van der Waals surface area contributed by atoms with Crippen LogP contribution in [0.15, 0.2) is 24.3 Å². The summed E-state index contributed by atoms with van der Waals surface area (Å²) in [5.41, 5.74) is 0.768. The molecule has 5 heteroatoms. The van der Waals surface area contributed by atoms with Crippen molar-refractivity contribution in [2.45, 2.75) is 12.8 Å². The van der Waals surface area contributed by atoms with Crippen LogP contribution in [0.1, 0.15) is 12.8 Å². The summed E-state index contributed by atoms with van der Waals surface area (Å²) in [6, 6.07) is 6.09. The van der Waals surface area contributed by atoms with Gasteiger partial charge in [0.25, 0.3) is 0 Å². The van der Waals surface area contributed by atoms with Crippen molar-refractivity contribution < 1.29 is 9.18 Å². The number of amides is 2. The van der Waals surface area contributed by atoms with E-state index in [0.717, 1.165) is 36.9 Å². The van der Waals surface area contributed by atoms with Gasteiger partial charge in [-0.05, 0) is 37.1 Å². The van der Waals surface area contributed by atoms with Crippen molar-refractivity contribution in [2.75, 3.05) is 29.9 Å². The first kappa shape index (κ1) is 13.3. The molecule has 1 heterocycles. The molecular formula is C13H16BrFN2O. The summed E-state index contributed by atoms with van der Waals surface area (Å²) >= 11 is 3.38. The normalized spacial score (nSPS) is 15.6. The second-order valence-corrected chi connectivity index (χ2v) is 5.09. The average molecular weight is 315 g/mol. The van der Waals surface area contributed by atoms with Crippen LogP contribution in [0, 0.1) is 5.82 Å². The summed E-state index contributed by atoms with van der Waals surface area (Å²) in [6.07, 6.45) is 2.08. The third-order valence-corrected chi connectivity index (χ3v) is 3.61. The van der Waals surface area contributed by atoms with Gasteiger partial charge in [0.1, 0.15) is 5.82 Å². The van der Waals surface area contributed by atoms with Crippen LogP contribution in [0.25, 0.3) is 0 Å². The van der Waals surface area contributed by atoms with Gasteiger partial charge in [0.05, 0.1) is 0 Å². The van der Waals surface area contributed by atoms with E-state index >= 15 is 0 Å². The molecule has 1 aliphatic rings. The molecule has 1 fully saturated rings. The standard InChI is InChI=1S/C13H16BrFN2O/c14-7-1-2-8-16-9-10-17(13(16)18)12-5-3-11(15)4-6-12/h3-6H,1-2,7-10H2. The molecule has 0 radical (unpaired) electrons. The molecule has 0 aliphatic carbocycles. The number of rotatable bonds is 5. The summed E-state index contributed by atoms with van der Waals surface area (Å²) in [4.78, 5) is 15.7. The maximum Gasteiger partial charge on any atom is 0.324 e. The Kier molecular flexibility index (Phi) is 4.58. The van der Waals surface area contributed by atoms with Crippen molar-refractivity contribution in [3.63, 3.8) is 0 Å². The molecule has 0 N–H and O–H groups in total. The summed E-state index contributed by atoms with van der Waals surface area (Å²) in [5.74, 6) is -0.278. The number of carbonyl (C=O) groups is 1. The quantitative estimate of drug-likeness (QED) is 0.604. The number of nitrogens with zero attached hydrogens (tertiary/aromatic N) is 2. The van der Waals surface area contributed by atoms with Crippen LogP contribution < -0.4 is 4.90 Å². The number of halogens is 2. The Morgan fingerprint density at radius 3 is 2.56 bits per heavy atom. The highest BCUT2D eigenvalue weighted by Crippen LogP contribution is 2.20. The molecule has 0 bridgehead atoms. The molecule has 0 atom stereocenters. The fourth-order valence-electron chi connectivity index (χ4n) is 2.05. The van der Waals surface area contributed by atoms with Crippen molar-refractivity contribution in [1.29, 1.82) is 0 Å². The van der Waals surface area contributed by atoms with Gasteiger partial charge >= 0.3 is 6.03 Å². The first-order valence-corrected chi connectivity index (χ1v) is 7.22. The lowest BCUT2D eigenvalue weighted by atomic mass is 10.3. The number of urea groups is 1. The second kappa shape index (κ2) is 6.18. The SMILES string of the molecule is O=C1N(CCCCBr)CCN1c1ccc(F)cc1. The van der Waals surface area contributed by atoms with E-state index in [1.54, 1.807) is 17.0 Å². The topological polar surface area (TPSA) is 23.6 Å². The Bertz CT molecular complexity index is 410. The van der Waals surface area contributed by atoms with Gasteiger partial charge in [-0.25, -0.2) is 9.18 Å². The summed E-state index contributed by atoms with van der Waals surface area (Å²) in [5, 5.41) is 0.969. The molecule has 0 unspecified atom stereocenters. The number of carbonyl (C=O) groups excluding carboxylic acids is 1. The lowest BCUT2D eigenvalue weighted by Crippen LogP contribution is -2.32. The van der Waals surface area contributed by atoms with Crippen molar-refractivity contribution in [3.8, 4) is 0 Å². The van der Waals surface area contributed by atoms with Crippen LogP contribution in [0.4, 0.5) is 14.9 Å². The molecule has 1 aromatic rings. The van der Waals surface area contributed by atoms with Crippen LogP contribution in [-0.2, 0) is 0 Å². The molecule has 0 spiro atoms. The van der Waals surface area contributed by atoms with Crippen LogP contribution in [0.2, 0.25) is 0 Å². The Morgan fingerprint density at radius 2 is 1.89 bits per heavy atom. The van der Waals surface area contributed by atoms with Crippen LogP contribution >= 0.6 is 15.9 Å². The highest BCUT2D eigenvalue weighted by atomic mass is 79.9. The maximum absolute atomic E-state index is 12.8. The molecule has 98 valence electrons. The molecule has 0 saturated carbocycles. The fraction of sp³-hybridized carbons (Fsp3) is 0.462. The zero-order valence-electron chi connectivity index (χ0n) is 10.1. The molecule has 2 amide bonds. The van der Waals surface area contributed by atoms with E-state index in [2.05, 4.69) is 15.9 Å². The lowest BCUT2D eigenvalue weighted by molar-refractivity contribution is 0.220. The molecule has 1 aromatic carbocycles. The number of benzene rings is 1. The van der Waals surface area contributed by atoms with Gasteiger partial charge in [0.15, 0.2) is 0 Å². The minimum Gasteiger partial charge on any atom is -0.323 e. The third-order valence-electron chi connectivity index (χ3n) is 3.04. The summed E-state index contributed by atoms with van der Waals surface area (Å²) < 4.78 is 12.8. The zero-order chi connectivity index (χ0) is 13.0. The highest BCUT2D eigenvalue weighted by Gasteiger charge is 2.28. The monoisotopic (exact) mass is 314 g/mol. The Hall–Kier alpha value is -1.10. The number of alkyl halides is 1. The largest absolute Gasteiger partial charge is 0.324 e. The fourth-order valence-corrected chi connectivity index (χ4v) is 2.44. The van der Waals surface area contributed by atoms with Crippen LogP contribution in [0.3, 0.4) is 0 Å².